The molecule has 1 aliphatic rings. The number of anilines is 1. The monoisotopic (exact) mass is 324 g/mol. The number of rotatable bonds is 4. The Labute approximate surface area is 133 Å². The second kappa shape index (κ2) is 6.28. The summed E-state index contributed by atoms with van der Waals surface area (Å²) in [6.07, 6.45) is 3.13. The second-order valence-corrected chi connectivity index (χ2v) is 7.97. The molecular weight excluding hydrogens is 300 g/mol. The van der Waals surface area contributed by atoms with Crippen molar-refractivity contribution in [3.63, 3.8) is 0 Å². The fourth-order valence-corrected chi connectivity index (χ4v) is 4.24. The van der Waals surface area contributed by atoms with Crippen molar-refractivity contribution in [3.05, 3.63) is 29.3 Å². The molecular formula is C16H24N2O3S. The van der Waals surface area contributed by atoms with E-state index in [1.807, 2.05) is 32.0 Å². The number of nitrogens with zero attached hydrogens (tertiary/aromatic N) is 2. The summed E-state index contributed by atoms with van der Waals surface area (Å²) < 4.78 is 25.8. The summed E-state index contributed by atoms with van der Waals surface area (Å²) in [4.78, 5) is 14.4. The van der Waals surface area contributed by atoms with Gasteiger partial charge in [-0.05, 0) is 56.9 Å². The van der Waals surface area contributed by atoms with Crippen LogP contribution in [0.15, 0.2) is 18.2 Å². The average Bonchev–Trinajstić information content (AvgIpc) is 2.88. The predicted molar refractivity (Wildman–Crippen MR) is 88.5 cm³/mol. The van der Waals surface area contributed by atoms with Crippen molar-refractivity contribution < 1.29 is 13.2 Å². The first kappa shape index (κ1) is 16.8. The van der Waals surface area contributed by atoms with E-state index in [0.29, 0.717) is 18.8 Å². The van der Waals surface area contributed by atoms with Gasteiger partial charge in [0.25, 0.3) is 0 Å². The summed E-state index contributed by atoms with van der Waals surface area (Å²) >= 11 is 0. The van der Waals surface area contributed by atoms with E-state index in [0.717, 1.165) is 30.2 Å². The van der Waals surface area contributed by atoms with Crippen molar-refractivity contribution in [1.29, 1.82) is 0 Å². The molecule has 1 aliphatic heterocycles. The van der Waals surface area contributed by atoms with Crippen LogP contribution in [0.3, 0.4) is 0 Å². The molecule has 1 aromatic rings. The number of hydrogen-bond donors (Lipinski definition) is 0. The third-order valence-corrected chi connectivity index (χ3v) is 5.19. The SMILES string of the molecule is Cc1cc(C)cc(N([C@H](C)C(=O)N2CCCC2)S(C)(=O)=O)c1. The lowest BCUT2D eigenvalue weighted by Gasteiger charge is -2.31. The molecule has 0 spiro atoms. The third kappa shape index (κ3) is 3.61. The maximum absolute atomic E-state index is 12.6. The van der Waals surface area contributed by atoms with Crippen LogP contribution < -0.4 is 4.31 Å². The van der Waals surface area contributed by atoms with Gasteiger partial charge in [0.05, 0.1) is 11.9 Å². The summed E-state index contributed by atoms with van der Waals surface area (Å²) in [7, 11) is -3.54. The number of hydrogen-bond acceptors (Lipinski definition) is 3. The molecule has 1 atom stereocenters. The maximum atomic E-state index is 12.6. The predicted octanol–water partition coefficient (Wildman–Crippen LogP) is 2.08. The van der Waals surface area contributed by atoms with Crippen molar-refractivity contribution >= 4 is 21.6 Å². The number of benzene rings is 1. The van der Waals surface area contributed by atoms with E-state index in [1.165, 1.54) is 4.31 Å². The Balaban J connectivity index is 2.39. The minimum absolute atomic E-state index is 0.123. The minimum atomic E-state index is -3.54. The lowest BCUT2D eigenvalue weighted by Crippen LogP contribution is -2.48. The molecule has 1 fully saturated rings. The van der Waals surface area contributed by atoms with Crippen LogP contribution in [0.4, 0.5) is 5.69 Å². The van der Waals surface area contributed by atoms with Gasteiger partial charge in [0.1, 0.15) is 6.04 Å². The Kier molecular flexibility index (Phi) is 4.80. The first-order chi connectivity index (χ1) is 10.2. The van der Waals surface area contributed by atoms with Crippen molar-refractivity contribution in [2.24, 2.45) is 0 Å². The minimum Gasteiger partial charge on any atom is -0.341 e. The van der Waals surface area contributed by atoms with Crippen LogP contribution in [-0.2, 0) is 14.8 Å². The summed E-state index contributed by atoms with van der Waals surface area (Å²) in [6.45, 7) is 6.94. The number of amides is 1. The average molecular weight is 324 g/mol. The molecule has 1 amide bonds. The topological polar surface area (TPSA) is 57.7 Å². The second-order valence-electron chi connectivity index (χ2n) is 6.11. The molecule has 122 valence electrons. The van der Waals surface area contributed by atoms with Crippen LogP contribution in [0.1, 0.15) is 30.9 Å². The van der Waals surface area contributed by atoms with E-state index in [4.69, 9.17) is 0 Å². The van der Waals surface area contributed by atoms with Crippen molar-refractivity contribution in [2.45, 2.75) is 39.7 Å². The molecule has 1 heterocycles. The van der Waals surface area contributed by atoms with E-state index in [-0.39, 0.29) is 5.91 Å². The Morgan fingerprint density at radius 2 is 1.64 bits per heavy atom. The molecule has 0 saturated carbocycles. The van der Waals surface area contributed by atoms with Gasteiger partial charge in [0, 0.05) is 13.1 Å². The number of sulfonamides is 1. The van der Waals surface area contributed by atoms with Gasteiger partial charge < -0.3 is 4.90 Å². The number of aryl methyl sites for hydroxylation is 2. The summed E-state index contributed by atoms with van der Waals surface area (Å²) in [5.74, 6) is -0.123. The standard InChI is InChI=1S/C16H24N2O3S/c1-12-9-13(2)11-15(10-12)18(22(4,20)21)14(3)16(19)17-7-5-6-8-17/h9-11,14H,5-8H2,1-4H3/t14-/m1/s1. The Morgan fingerprint density at radius 1 is 1.14 bits per heavy atom. The molecule has 0 aliphatic carbocycles. The fourth-order valence-electron chi connectivity index (χ4n) is 3.08. The normalized spacial score (nSPS) is 16.6. The van der Waals surface area contributed by atoms with Gasteiger partial charge in [-0.25, -0.2) is 8.42 Å². The summed E-state index contributed by atoms with van der Waals surface area (Å²) in [5, 5.41) is 0. The highest BCUT2D eigenvalue weighted by atomic mass is 32.2. The number of carbonyl (C=O) groups is 1. The molecule has 0 aromatic heterocycles. The van der Waals surface area contributed by atoms with Gasteiger partial charge in [-0.15, -0.1) is 0 Å². The van der Waals surface area contributed by atoms with Gasteiger partial charge in [-0.3, -0.25) is 9.10 Å². The summed E-state index contributed by atoms with van der Waals surface area (Å²) in [6, 6.07) is 4.87. The molecule has 0 radical (unpaired) electrons. The zero-order valence-electron chi connectivity index (χ0n) is 13.7. The zero-order chi connectivity index (χ0) is 16.5. The fraction of sp³-hybridized carbons (Fsp3) is 0.562. The molecule has 0 N–H and O–H groups in total. The first-order valence-electron chi connectivity index (χ1n) is 7.56. The van der Waals surface area contributed by atoms with Gasteiger partial charge in [0.15, 0.2) is 0 Å². The van der Waals surface area contributed by atoms with Crippen LogP contribution in [0.5, 0.6) is 0 Å². The third-order valence-electron chi connectivity index (χ3n) is 3.95. The molecule has 22 heavy (non-hydrogen) atoms. The van der Waals surface area contributed by atoms with Crippen molar-refractivity contribution in [2.75, 3.05) is 23.7 Å². The quantitative estimate of drug-likeness (QED) is 0.852. The van der Waals surface area contributed by atoms with E-state index >= 15 is 0 Å². The van der Waals surface area contributed by atoms with Crippen LogP contribution >= 0.6 is 0 Å². The van der Waals surface area contributed by atoms with E-state index in [2.05, 4.69) is 0 Å². The Morgan fingerprint density at radius 3 is 2.09 bits per heavy atom. The van der Waals surface area contributed by atoms with Crippen molar-refractivity contribution in [3.8, 4) is 0 Å². The molecule has 0 bridgehead atoms. The highest BCUT2D eigenvalue weighted by Gasteiger charge is 2.33. The zero-order valence-corrected chi connectivity index (χ0v) is 14.5. The molecule has 1 aromatic carbocycles. The van der Waals surface area contributed by atoms with Crippen molar-refractivity contribution in [1.82, 2.24) is 4.90 Å². The maximum Gasteiger partial charge on any atom is 0.246 e. The Hall–Kier alpha value is -1.56. The molecule has 0 unspecified atom stereocenters. The molecule has 6 heteroatoms. The van der Waals surface area contributed by atoms with Gasteiger partial charge >= 0.3 is 0 Å². The molecule has 2 rings (SSSR count). The van der Waals surface area contributed by atoms with Gasteiger partial charge in [0.2, 0.25) is 15.9 Å². The van der Waals surface area contributed by atoms with Crippen LogP contribution in [0.2, 0.25) is 0 Å². The molecule has 5 nitrogen and oxygen atoms in total. The first-order valence-corrected chi connectivity index (χ1v) is 9.41. The molecule has 1 saturated heterocycles. The van der Waals surface area contributed by atoms with E-state index in [9.17, 15) is 13.2 Å². The highest BCUT2D eigenvalue weighted by Crippen LogP contribution is 2.25. The van der Waals surface area contributed by atoms with E-state index in [1.54, 1.807) is 11.8 Å². The Bertz CT molecular complexity index is 644. The van der Waals surface area contributed by atoms with Crippen LogP contribution in [-0.4, -0.2) is 44.6 Å². The largest absolute Gasteiger partial charge is 0.341 e. The smallest absolute Gasteiger partial charge is 0.246 e. The highest BCUT2D eigenvalue weighted by molar-refractivity contribution is 7.92. The van der Waals surface area contributed by atoms with Gasteiger partial charge in [-0.2, -0.15) is 0 Å². The number of carbonyl (C=O) groups excluding carboxylic acids is 1. The van der Waals surface area contributed by atoms with Crippen LogP contribution in [0.25, 0.3) is 0 Å². The van der Waals surface area contributed by atoms with Gasteiger partial charge in [-0.1, -0.05) is 6.07 Å². The lowest BCUT2D eigenvalue weighted by molar-refractivity contribution is -0.130. The number of likely N-dealkylation sites (tertiary alicyclic amines) is 1. The summed E-state index contributed by atoms with van der Waals surface area (Å²) in [5.41, 5.74) is 2.51. The van der Waals surface area contributed by atoms with E-state index < -0.39 is 16.1 Å². The lowest BCUT2D eigenvalue weighted by atomic mass is 10.1. The van der Waals surface area contributed by atoms with Crippen LogP contribution in [0, 0.1) is 13.8 Å².